The van der Waals surface area contributed by atoms with Gasteiger partial charge in [-0.05, 0) is 30.2 Å². The maximum atomic E-state index is 12.8. The minimum absolute atomic E-state index is 0.112. The lowest BCUT2D eigenvalue weighted by Crippen LogP contribution is -2.11. The van der Waals surface area contributed by atoms with Gasteiger partial charge in [-0.3, -0.25) is 4.98 Å². The Hall–Kier alpha value is -2.04. The number of hydrogen-bond donors (Lipinski definition) is 1. The van der Waals surface area contributed by atoms with Crippen LogP contribution in [0.5, 0.6) is 0 Å². The highest BCUT2D eigenvalue weighted by molar-refractivity contribution is 5.44. The van der Waals surface area contributed by atoms with Crippen molar-refractivity contribution in [3.63, 3.8) is 0 Å². The van der Waals surface area contributed by atoms with Gasteiger partial charge in [-0.1, -0.05) is 18.2 Å². The van der Waals surface area contributed by atoms with Crippen molar-refractivity contribution < 1.29 is 13.2 Å². The Morgan fingerprint density at radius 3 is 2.58 bits per heavy atom. The number of nitrogens with one attached hydrogen (secondary N) is 1. The van der Waals surface area contributed by atoms with Crippen LogP contribution in [0.25, 0.3) is 0 Å². The van der Waals surface area contributed by atoms with E-state index >= 15 is 0 Å². The van der Waals surface area contributed by atoms with Gasteiger partial charge in [-0.25, -0.2) is 0 Å². The number of benzene rings is 1. The lowest BCUT2D eigenvalue weighted by Gasteiger charge is -2.13. The van der Waals surface area contributed by atoms with E-state index < -0.39 is 11.7 Å². The predicted octanol–water partition coefficient (Wildman–Crippen LogP) is 4.02. The van der Waals surface area contributed by atoms with Crippen molar-refractivity contribution in [3.8, 4) is 0 Å². The second-order valence-corrected chi connectivity index (χ2v) is 4.26. The van der Waals surface area contributed by atoms with Crippen LogP contribution in [0, 0.1) is 6.92 Å². The highest BCUT2D eigenvalue weighted by atomic mass is 19.4. The largest absolute Gasteiger partial charge is 0.416 e. The molecule has 2 nitrogen and oxygen atoms in total. The van der Waals surface area contributed by atoms with Crippen molar-refractivity contribution in [2.75, 3.05) is 5.32 Å². The molecule has 0 aliphatic carbocycles. The zero-order valence-corrected chi connectivity index (χ0v) is 10.3. The number of rotatable bonds is 3. The Bertz CT molecular complexity index is 565. The first-order valence-corrected chi connectivity index (χ1v) is 5.77. The Morgan fingerprint density at radius 2 is 1.89 bits per heavy atom. The number of aromatic nitrogens is 1. The zero-order chi connectivity index (χ0) is 13.9. The molecule has 1 aromatic heterocycles. The van der Waals surface area contributed by atoms with Gasteiger partial charge in [0.2, 0.25) is 0 Å². The quantitative estimate of drug-likeness (QED) is 0.907. The first-order valence-electron chi connectivity index (χ1n) is 5.77. The van der Waals surface area contributed by atoms with Gasteiger partial charge in [0, 0.05) is 18.9 Å². The van der Waals surface area contributed by atoms with Crippen molar-refractivity contribution >= 4 is 5.69 Å². The third kappa shape index (κ3) is 3.47. The molecule has 2 rings (SSSR count). The van der Waals surface area contributed by atoms with E-state index in [0.29, 0.717) is 5.69 Å². The molecule has 0 amide bonds. The smallest absolute Gasteiger partial charge is 0.380 e. The van der Waals surface area contributed by atoms with Crippen LogP contribution < -0.4 is 5.32 Å². The number of aryl methyl sites for hydroxylation is 1. The molecule has 0 bridgehead atoms. The molecule has 2 aromatic rings. The van der Waals surface area contributed by atoms with E-state index in [1.165, 1.54) is 12.1 Å². The van der Waals surface area contributed by atoms with Gasteiger partial charge in [0.15, 0.2) is 0 Å². The molecule has 0 saturated heterocycles. The van der Waals surface area contributed by atoms with Crippen molar-refractivity contribution in [2.45, 2.75) is 19.6 Å². The van der Waals surface area contributed by atoms with Crippen LogP contribution in [0.1, 0.15) is 16.7 Å². The molecule has 1 N–H and O–H groups in total. The molecule has 0 atom stereocenters. The predicted molar refractivity (Wildman–Crippen MR) is 67.7 cm³/mol. The number of halogens is 3. The van der Waals surface area contributed by atoms with E-state index in [2.05, 4.69) is 10.3 Å². The van der Waals surface area contributed by atoms with Crippen LogP contribution in [0.15, 0.2) is 42.7 Å². The number of pyridine rings is 1. The van der Waals surface area contributed by atoms with E-state index in [1.54, 1.807) is 18.5 Å². The van der Waals surface area contributed by atoms with Crippen LogP contribution in [-0.4, -0.2) is 4.98 Å². The molecule has 0 unspecified atom stereocenters. The number of alkyl halides is 3. The van der Waals surface area contributed by atoms with E-state index in [-0.39, 0.29) is 12.1 Å². The molecule has 0 fully saturated rings. The highest BCUT2D eigenvalue weighted by Gasteiger charge is 2.32. The molecule has 100 valence electrons. The minimum atomic E-state index is -4.33. The fourth-order valence-corrected chi connectivity index (χ4v) is 1.80. The summed E-state index contributed by atoms with van der Waals surface area (Å²) >= 11 is 0. The average molecular weight is 266 g/mol. The Labute approximate surface area is 109 Å². The van der Waals surface area contributed by atoms with Crippen LogP contribution in [0.4, 0.5) is 18.9 Å². The summed E-state index contributed by atoms with van der Waals surface area (Å²) in [5.41, 5.74) is 1.27. The highest BCUT2D eigenvalue weighted by Crippen LogP contribution is 2.32. The topological polar surface area (TPSA) is 24.9 Å². The Balaban J connectivity index is 2.16. The van der Waals surface area contributed by atoms with Gasteiger partial charge in [0.05, 0.1) is 11.3 Å². The van der Waals surface area contributed by atoms with Crippen LogP contribution in [-0.2, 0) is 12.7 Å². The van der Waals surface area contributed by atoms with Gasteiger partial charge in [0.25, 0.3) is 0 Å². The Kier molecular flexibility index (Phi) is 3.74. The first kappa shape index (κ1) is 13.4. The van der Waals surface area contributed by atoms with Crippen molar-refractivity contribution in [1.82, 2.24) is 4.98 Å². The summed E-state index contributed by atoms with van der Waals surface area (Å²) in [7, 11) is 0. The summed E-state index contributed by atoms with van der Waals surface area (Å²) in [5.74, 6) is 0. The molecule has 0 spiro atoms. The summed E-state index contributed by atoms with van der Waals surface area (Å²) in [6.07, 6.45) is -1.05. The molecule has 1 aromatic carbocycles. The molecular weight excluding hydrogens is 253 g/mol. The molecule has 19 heavy (non-hydrogen) atoms. The van der Waals surface area contributed by atoms with Gasteiger partial charge < -0.3 is 5.32 Å². The molecule has 0 radical (unpaired) electrons. The van der Waals surface area contributed by atoms with Gasteiger partial charge in [-0.2, -0.15) is 13.2 Å². The standard InChI is InChI=1S/C14H13F3N2/c1-10-6-12(9-18-7-10)19-8-11-4-2-3-5-13(11)14(15,16)17/h2-7,9,19H,8H2,1H3. The van der Waals surface area contributed by atoms with Crippen molar-refractivity contribution in [2.24, 2.45) is 0 Å². The Morgan fingerprint density at radius 1 is 1.16 bits per heavy atom. The zero-order valence-electron chi connectivity index (χ0n) is 10.3. The fraction of sp³-hybridized carbons (Fsp3) is 0.214. The van der Waals surface area contributed by atoms with Crippen molar-refractivity contribution in [1.29, 1.82) is 0 Å². The lowest BCUT2D eigenvalue weighted by atomic mass is 10.1. The van der Waals surface area contributed by atoms with Crippen LogP contribution in [0.3, 0.4) is 0 Å². The van der Waals surface area contributed by atoms with Gasteiger partial charge >= 0.3 is 6.18 Å². The normalized spacial score (nSPS) is 11.4. The van der Waals surface area contributed by atoms with E-state index in [9.17, 15) is 13.2 Å². The fourth-order valence-electron chi connectivity index (χ4n) is 1.80. The van der Waals surface area contributed by atoms with Gasteiger partial charge in [-0.15, -0.1) is 0 Å². The SMILES string of the molecule is Cc1cncc(NCc2ccccc2C(F)(F)F)c1. The summed E-state index contributed by atoms with van der Waals surface area (Å²) in [4.78, 5) is 3.98. The van der Waals surface area contributed by atoms with E-state index in [0.717, 1.165) is 11.6 Å². The number of hydrogen-bond acceptors (Lipinski definition) is 2. The maximum absolute atomic E-state index is 12.8. The summed E-state index contributed by atoms with van der Waals surface area (Å²) in [5, 5.41) is 2.95. The number of anilines is 1. The second-order valence-electron chi connectivity index (χ2n) is 4.26. The number of nitrogens with zero attached hydrogens (tertiary/aromatic N) is 1. The molecule has 1 heterocycles. The summed E-state index contributed by atoms with van der Waals surface area (Å²) < 4.78 is 38.4. The van der Waals surface area contributed by atoms with Crippen LogP contribution in [0.2, 0.25) is 0 Å². The molecule has 5 heteroatoms. The minimum Gasteiger partial charge on any atom is -0.380 e. The third-order valence-corrected chi connectivity index (χ3v) is 2.68. The molecule has 0 aliphatic heterocycles. The van der Waals surface area contributed by atoms with E-state index in [4.69, 9.17) is 0 Å². The third-order valence-electron chi connectivity index (χ3n) is 2.68. The van der Waals surface area contributed by atoms with E-state index in [1.807, 2.05) is 13.0 Å². The molecular formula is C14H13F3N2. The van der Waals surface area contributed by atoms with Gasteiger partial charge in [0.1, 0.15) is 0 Å². The lowest BCUT2D eigenvalue weighted by molar-refractivity contribution is -0.138. The summed E-state index contributed by atoms with van der Waals surface area (Å²) in [6, 6.07) is 7.38. The monoisotopic (exact) mass is 266 g/mol. The molecule has 0 aliphatic rings. The second kappa shape index (κ2) is 5.30. The first-order chi connectivity index (χ1) is 8.97. The average Bonchev–Trinajstić information content (AvgIpc) is 2.36. The van der Waals surface area contributed by atoms with Crippen LogP contribution >= 0.6 is 0 Å². The summed E-state index contributed by atoms with van der Waals surface area (Å²) in [6.45, 7) is 1.99. The molecule has 0 saturated carbocycles. The van der Waals surface area contributed by atoms with Crippen molar-refractivity contribution in [3.05, 3.63) is 59.4 Å². The maximum Gasteiger partial charge on any atom is 0.416 e.